The molecule has 8 nitrogen and oxygen atoms in total. The monoisotopic (exact) mass is 1060 g/mol. The van der Waals surface area contributed by atoms with Gasteiger partial charge in [-0.2, -0.15) is 0 Å². The van der Waals surface area contributed by atoms with Gasteiger partial charge in [0, 0.05) is 11.1 Å². The maximum absolute atomic E-state index is 12.0. The Balaban J connectivity index is -0.000000950. The van der Waals surface area contributed by atoms with Crippen LogP contribution in [0.4, 0.5) is 0 Å². The zero-order chi connectivity index (χ0) is 50.6. The van der Waals surface area contributed by atoms with Gasteiger partial charge in [-0.1, -0.05) is 256 Å². The van der Waals surface area contributed by atoms with E-state index in [0.717, 1.165) is 64.2 Å². The van der Waals surface area contributed by atoms with Crippen molar-refractivity contribution in [2.45, 2.75) is 233 Å². The van der Waals surface area contributed by atoms with Crippen molar-refractivity contribution in [3.63, 3.8) is 0 Å². The summed E-state index contributed by atoms with van der Waals surface area (Å²) in [6.07, 6.45) is 48.2. The van der Waals surface area contributed by atoms with Crippen molar-refractivity contribution in [1.82, 2.24) is 0 Å². The van der Waals surface area contributed by atoms with Crippen LogP contribution in [0.1, 0.15) is 275 Å². The number of allylic oxidation sites excluding steroid dienone is 4. The minimum absolute atomic E-state index is 0. The second-order valence-electron chi connectivity index (χ2n) is 17.5. The standard InChI is InChI=1S/2C22H32O4.2C8H17.Sn/c2*1-2-3-4-5-6-7-8-9-10-11-12-15-18-26-22(25)20-17-14-13-16-19(20)21(23)24;2*1-3-5-7-8-6-4-2;/h2*3-4,13-14,16-17H,2,5-12,15,18H2,1H3,(H,23,24);2*1,3-8H2,2H3;/q;;;;+2/p-2/b2*4-3+;;;. The molecule has 0 unspecified atom stereocenters. The van der Waals surface area contributed by atoms with Crippen molar-refractivity contribution >= 4 is 47.8 Å². The van der Waals surface area contributed by atoms with Crippen LogP contribution in [0, 0.1) is 13.8 Å². The number of esters is 2. The number of rotatable bonds is 38. The molecular formula is C60H96O8Sn. The van der Waals surface area contributed by atoms with Crippen LogP contribution in [0.2, 0.25) is 0 Å². The van der Waals surface area contributed by atoms with Gasteiger partial charge in [-0.15, -0.1) is 0 Å². The van der Waals surface area contributed by atoms with E-state index in [4.69, 9.17) is 9.47 Å². The molecule has 0 saturated heterocycles. The van der Waals surface area contributed by atoms with Crippen LogP contribution in [-0.2, 0) is 9.47 Å². The molecule has 388 valence electrons. The van der Waals surface area contributed by atoms with Crippen LogP contribution in [0.25, 0.3) is 0 Å². The van der Waals surface area contributed by atoms with Gasteiger partial charge in [-0.25, -0.2) is 9.59 Å². The quantitative estimate of drug-likeness (QED) is 0.0281. The van der Waals surface area contributed by atoms with Gasteiger partial charge in [-0.05, 0) is 63.5 Å². The van der Waals surface area contributed by atoms with Gasteiger partial charge in [0.05, 0.1) is 36.3 Å². The molecule has 2 aromatic carbocycles. The molecule has 0 N–H and O–H groups in total. The molecule has 9 heteroatoms. The Bertz CT molecular complexity index is 1410. The molecule has 0 aromatic heterocycles. The van der Waals surface area contributed by atoms with Crippen molar-refractivity contribution in [3.05, 3.63) is 109 Å². The fourth-order valence-corrected chi connectivity index (χ4v) is 7.14. The second-order valence-corrected chi connectivity index (χ2v) is 17.5. The molecule has 4 radical (unpaired) electrons. The Morgan fingerprint density at radius 1 is 0.406 bits per heavy atom. The van der Waals surface area contributed by atoms with Gasteiger partial charge < -0.3 is 29.3 Å². The predicted octanol–water partition coefficient (Wildman–Crippen LogP) is 15.3. The predicted molar refractivity (Wildman–Crippen MR) is 287 cm³/mol. The summed E-state index contributed by atoms with van der Waals surface area (Å²) in [5.41, 5.74) is -0.132. The van der Waals surface area contributed by atoms with Crippen LogP contribution in [0.15, 0.2) is 72.8 Å². The molecule has 0 saturated carbocycles. The number of hydrogen-bond acceptors (Lipinski definition) is 8. The van der Waals surface area contributed by atoms with Crippen LogP contribution in [0.5, 0.6) is 0 Å². The third-order valence-corrected chi connectivity index (χ3v) is 11.2. The van der Waals surface area contributed by atoms with Crippen LogP contribution in [0.3, 0.4) is 0 Å². The van der Waals surface area contributed by atoms with Crippen LogP contribution < -0.4 is 10.2 Å². The number of benzene rings is 2. The van der Waals surface area contributed by atoms with E-state index in [1.807, 2.05) is 0 Å². The summed E-state index contributed by atoms with van der Waals surface area (Å²) in [6.45, 7) is 17.0. The first kappa shape index (κ1) is 69.9. The van der Waals surface area contributed by atoms with E-state index in [1.54, 1.807) is 24.3 Å². The summed E-state index contributed by atoms with van der Waals surface area (Å²) < 4.78 is 10.3. The average molecular weight is 1060 g/mol. The van der Waals surface area contributed by atoms with Crippen molar-refractivity contribution in [3.8, 4) is 0 Å². The molecule has 0 aliphatic carbocycles. The Morgan fingerprint density at radius 3 is 0.971 bits per heavy atom. The summed E-state index contributed by atoms with van der Waals surface area (Å²) in [5.74, 6) is -3.92. The van der Waals surface area contributed by atoms with Gasteiger partial charge >= 0.3 is 35.8 Å². The van der Waals surface area contributed by atoms with Gasteiger partial charge in [0.15, 0.2) is 0 Å². The number of carboxylic acids is 2. The van der Waals surface area contributed by atoms with E-state index in [9.17, 15) is 29.4 Å². The number of unbranched alkanes of at least 4 members (excludes halogenated alkanes) is 26. The molecule has 0 aliphatic heterocycles. The smallest absolute Gasteiger partial charge is 0.545 e. The molecule has 0 spiro atoms. The summed E-state index contributed by atoms with van der Waals surface area (Å²) in [6, 6.07) is 12.0. The Kier molecular flexibility index (Phi) is 56.2. The molecule has 0 aliphatic rings. The Labute approximate surface area is 439 Å². The van der Waals surface area contributed by atoms with Gasteiger partial charge in [0.2, 0.25) is 0 Å². The van der Waals surface area contributed by atoms with E-state index in [1.165, 1.54) is 166 Å². The number of carboxylic acid groups (broad SMARTS) is 2. The zero-order valence-corrected chi connectivity index (χ0v) is 47.0. The van der Waals surface area contributed by atoms with E-state index < -0.39 is 23.9 Å². The second kappa shape index (κ2) is 55.5. The largest absolute Gasteiger partial charge is 2.00 e. The topological polar surface area (TPSA) is 133 Å². The number of carbonyl (C=O) groups is 4. The maximum Gasteiger partial charge on any atom is 2.00 e. The third-order valence-electron chi connectivity index (χ3n) is 11.2. The Morgan fingerprint density at radius 2 is 0.681 bits per heavy atom. The molecule has 0 amide bonds. The average Bonchev–Trinajstić information content (AvgIpc) is 3.35. The normalized spacial score (nSPS) is 10.5. The van der Waals surface area contributed by atoms with Crippen LogP contribution in [-0.4, -0.2) is 61.0 Å². The van der Waals surface area contributed by atoms with Crippen molar-refractivity contribution in [2.75, 3.05) is 13.2 Å². The van der Waals surface area contributed by atoms with Crippen molar-refractivity contribution in [1.29, 1.82) is 0 Å². The first-order valence-corrected chi connectivity index (χ1v) is 27.0. The molecule has 0 heterocycles. The summed E-state index contributed by atoms with van der Waals surface area (Å²) in [5, 5.41) is 22.0. The number of hydrogen-bond donors (Lipinski definition) is 0. The van der Waals surface area contributed by atoms with Crippen LogP contribution >= 0.6 is 0 Å². The maximum atomic E-state index is 12.0. The van der Waals surface area contributed by atoms with Gasteiger partial charge in [-0.3, -0.25) is 0 Å². The molecule has 0 fully saturated rings. The SMILES string of the molecule is CC/C=C/CCCCCCCCCCOC(=O)c1ccccc1C(=O)[O-].CC/C=C/CCCCCCCCCCOC(=O)c1ccccc1C(=O)[O-].[CH2]CCCCCCC.[CH2]CCCCCCC.[Sn+2]. The van der Waals surface area contributed by atoms with E-state index in [-0.39, 0.29) is 46.2 Å². The Hall–Kier alpha value is -3.40. The first-order chi connectivity index (χ1) is 33.2. The number of carbonyl (C=O) groups excluding carboxylic acids is 4. The fraction of sp³-hybridized carbons (Fsp3) is 0.633. The summed E-state index contributed by atoms with van der Waals surface area (Å²) in [4.78, 5) is 45.9. The third kappa shape index (κ3) is 45.5. The molecule has 2 rings (SSSR count). The minimum atomic E-state index is -1.36. The molecule has 69 heavy (non-hydrogen) atoms. The summed E-state index contributed by atoms with van der Waals surface area (Å²) >= 11 is 0. The summed E-state index contributed by atoms with van der Waals surface area (Å²) in [7, 11) is 0. The minimum Gasteiger partial charge on any atom is -0.545 e. The van der Waals surface area contributed by atoms with Gasteiger partial charge in [0.1, 0.15) is 0 Å². The van der Waals surface area contributed by atoms with E-state index >= 15 is 0 Å². The van der Waals surface area contributed by atoms with E-state index in [2.05, 4.69) is 65.8 Å². The fourth-order valence-electron chi connectivity index (χ4n) is 7.14. The zero-order valence-electron chi connectivity index (χ0n) is 44.2. The van der Waals surface area contributed by atoms with E-state index in [0.29, 0.717) is 13.2 Å². The number of aromatic carboxylic acids is 2. The van der Waals surface area contributed by atoms with Gasteiger partial charge in [0.25, 0.3) is 0 Å². The molecular weight excluding hydrogens is 967 g/mol. The number of ether oxygens (including phenoxy) is 2. The molecule has 0 atom stereocenters. The van der Waals surface area contributed by atoms with Crippen molar-refractivity contribution in [2.24, 2.45) is 0 Å². The first-order valence-electron chi connectivity index (χ1n) is 27.0. The van der Waals surface area contributed by atoms with Crippen molar-refractivity contribution < 1.29 is 38.9 Å². The molecule has 2 aromatic rings. The molecule has 0 bridgehead atoms.